The number of aromatic nitrogens is 4. The maximum Gasteiger partial charge on any atom is 0.255 e. The molecule has 10 nitrogen and oxygen atoms in total. The summed E-state index contributed by atoms with van der Waals surface area (Å²) in [5.41, 5.74) is 4.70. The lowest BCUT2D eigenvalue weighted by molar-refractivity contribution is 0.0891. The molecule has 1 saturated heterocycles. The molecule has 3 aromatic heterocycles. The van der Waals surface area contributed by atoms with Gasteiger partial charge in [0.25, 0.3) is 11.8 Å². The number of benzene rings is 2. The van der Waals surface area contributed by atoms with E-state index in [9.17, 15) is 18.4 Å². The van der Waals surface area contributed by atoms with Gasteiger partial charge in [0, 0.05) is 31.1 Å². The topological polar surface area (TPSA) is 115 Å². The van der Waals surface area contributed by atoms with Gasteiger partial charge in [-0.1, -0.05) is 18.6 Å². The Morgan fingerprint density at radius 1 is 1.10 bits per heavy atom. The van der Waals surface area contributed by atoms with Crippen molar-refractivity contribution < 1.29 is 23.1 Å². The van der Waals surface area contributed by atoms with Gasteiger partial charge >= 0.3 is 0 Å². The number of amides is 2. The van der Waals surface area contributed by atoms with Gasteiger partial charge in [0.15, 0.2) is 5.82 Å². The first-order valence-electron chi connectivity index (χ1n) is 16.5. The van der Waals surface area contributed by atoms with Crippen LogP contribution in [0.5, 0.6) is 5.75 Å². The van der Waals surface area contributed by atoms with Crippen LogP contribution in [0.2, 0.25) is 0 Å². The van der Waals surface area contributed by atoms with Crippen LogP contribution in [-0.2, 0) is 20.0 Å². The molecule has 0 unspecified atom stereocenters. The first-order valence-corrected chi connectivity index (χ1v) is 16.5. The van der Waals surface area contributed by atoms with Gasteiger partial charge in [0.1, 0.15) is 28.9 Å². The third-order valence-electron chi connectivity index (χ3n) is 9.57. The van der Waals surface area contributed by atoms with Crippen LogP contribution in [0.25, 0.3) is 33.6 Å². The number of hydrogen-bond donors (Lipinski definition) is 3. The van der Waals surface area contributed by atoms with E-state index >= 15 is 0 Å². The molecule has 1 fully saturated rings. The van der Waals surface area contributed by atoms with Crippen molar-refractivity contribution in [3.63, 3.8) is 0 Å². The minimum absolute atomic E-state index is 0.101. The lowest BCUT2D eigenvalue weighted by Gasteiger charge is -2.27. The molecule has 5 aromatic rings. The van der Waals surface area contributed by atoms with Crippen LogP contribution in [0.3, 0.4) is 0 Å². The van der Waals surface area contributed by atoms with Crippen LogP contribution >= 0.6 is 0 Å². The number of alkyl halides is 1. The number of pyridine rings is 1. The van der Waals surface area contributed by atoms with Gasteiger partial charge in [0.2, 0.25) is 0 Å². The van der Waals surface area contributed by atoms with Crippen molar-refractivity contribution in [2.75, 3.05) is 20.2 Å². The predicted octanol–water partition coefficient (Wildman–Crippen LogP) is 5.38. The Labute approximate surface area is 276 Å². The molecule has 0 saturated carbocycles. The summed E-state index contributed by atoms with van der Waals surface area (Å²) in [5.74, 6) is -0.201. The first-order chi connectivity index (χ1) is 23.2. The SMILES string of the molecule is COc1cc(C(=O)N[C@H]2CNCC[C@@H]2F)cc2nc(-c3cc4ccc5nc4n3CCCCCc3cccc(F)c3C(=O)N[C@@H]5C)n(C)c12. The summed E-state index contributed by atoms with van der Waals surface area (Å²) in [7, 11) is 3.46. The summed E-state index contributed by atoms with van der Waals surface area (Å²) in [6, 6.07) is 13.0. The number of carbonyl (C=O) groups excluding carboxylic acids is 2. The Balaban J connectivity index is 1.28. The number of methoxy groups -OCH3 is 1. The highest BCUT2D eigenvalue weighted by Crippen LogP contribution is 2.35. The Morgan fingerprint density at radius 3 is 2.77 bits per heavy atom. The van der Waals surface area contributed by atoms with E-state index in [1.807, 2.05) is 36.7 Å². The van der Waals surface area contributed by atoms with Gasteiger partial charge in [-0.15, -0.1) is 0 Å². The highest BCUT2D eigenvalue weighted by atomic mass is 19.1. The van der Waals surface area contributed by atoms with E-state index in [0.29, 0.717) is 66.4 Å². The van der Waals surface area contributed by atoms with Crippen LogP contribution in [0.1, 0.15) is 70.6 Å². The van der Waals surface area contributed by atoms with Crippen molar-refractivity contribution in [2.45, 2.75) is 63.8 Å². The van der Waals surface area contributed by atoms with E-state index in [-0.39, 0.29) is 11.5 Å². The van der Waals surface area contributed by atoms with Crippen molar-refractivity contribution in [1.29, 1.82) is 0 Å². The number of imidazole rings is 1. The van der Waals surface area contributed by atoms with Gasteiger partial charge in [0.05, 0.1) is 41.7 Å². The molecule has 12 heteroatoms. The maximum atomic E-state index is 14.8. The fourth-order valence-electron chi connectivity index (χ4n) is 6.98. The van der Waals surface area contributed by atoms with Crippen LogP contribution in [0, 0.1) is 5.82 Å². The minimum atomic E-state index is -1.11. The van der Waals surface area contributed by atoms with E-state index in [1.54, 1.807) is 25.3 Å². The molecule has 0 radical (unpaired) electrons. The number of aryl methyl sites for hydroxylation is 3. The monoisotopic (exact) mass is 655 g/mol. The molecule has 48 heavy (non-hydrogen) atoms. The normalized spacial score (nSPS) is 20.4. The summed E-state index contributed by atoms with van der Waals surface area (Å²) in [6.45, 7) is 3.47. The number of rotatable bonds is 4. The number of halogens is 2. The van der Waals surface area contributed by atoms with E-state index in [2.05, 4.69) is 26.6 Å². The summed E-state index contributed by atoms with van der Waals surface area (Å²) in [5, 5.41) is 9.83. The Bertz CT molecular complexity index is 2040. The minimum Gasteiger partial charge on any atom is -0.494 e. The van der Waals surface area contributed by atoms with Crippen molar-refractivity contribution >= 4 is 33.9 Å². The molecule has 0 spiro atoms. The van der Waals surface area contributed by atoms with Crippen molar-refractivity contribution in [2.24, 2.45) is 7.05 Å². The zero-order valence-corrected chi connectivity index (χ0v) is 27.3. The highest BCUT2D eigenvalue weighted by molar-refractivity contribution is 6.00. The molecule has 2 amide bonds. The van der Waals surface area contributed by atoms with E-state index < -0.39 is 30.0 Å². The van der Waals surface area contributed by atoms with Gasteiger partial charge in [-0.05, 0) is 81.1 Å². The molecule has 7 rings (SSSR count). The first kappa shape index (κ1) is 31.7. The molecular formula is C36H39F2N7O3. The number of hydrogen-bond acceptors (Lipinski definition) is 6. The summed E-state index contributed by atoms with van der Waals surface area (Å²) >= 11 is 0. The third kappa shape index (κ3) is 5.78. The fraction of sp³-hybridized carbons (Fsp3) is 0.389. The van der Waals surface area contributed by atoms with E-state index in [4.69, 9.17) is 14.7 Å². The molecule has 0 aliphatic carbocycles. The molecular weight excluding hydrogens is 616 g/mol. The molecule has 5 heterocycles. The highest BCUT2D eigenvalue weighted by Gasteiger charge is 2.28. The number of piperidine rings is 1. The third-order valence-corrected chi connectivity index (χ3v) is 9.57. The Kier molecular flexibility index (Phi) is 8.59. The van der Waals surface area contributed by atoms with Gasteiger partial charge in [-0.3, -0.25) is 9.59 Å². The molecule has 2 bridgehead atoms. The van der Waals surface area contributed by atoms with Crippen molar-refractivity contribution in [3.8, 4) is 17.3 Å². The molecule has 250 valence electrons. The van der Waals surface area contributed by atoms with Crippen molar-refractivity contribution in [3.05, 3.63) is 76.7 Å². The fourth-order valence-corrected chi connectivity index (χ4v) is 6.98. The quantitative estimate of drug-likeness (QED) is 0.240. The number of nitrogens with one attached hydrogen (secondary N) is 3. The lowest BCUT2D eigenvalue weighted by Crippen LogP contribution is -2.52. The molecule has 3 atom stereocenters. The molecule has 3 N–H and O–H groups in total. The Morgan fingerprint density at radius 2 is 1.96 bits per heavy atom. The lowest BCUT2D eigenvalue weighted by atomic mass is 9.99. The van der Waals surface area contributed by atoms with Gasteiger partial charge < -0.3 is 29.8 Å². The van der Waals surface area contributed by atoms with Crippen LogP contribution < -0.4 is 20.7 Å². The van der Waals surface area contributed by atoms with Crippen LogP contribution in [0.15, 0.2) is 48.5 Å². The number of nitrogens with zero attached hydrogens (tertiary/aromatic N) is 4. The average Bonchev–Trinajstić information content (AvgIpc) is 3.61. The Hall–Kier alpha value is -4.84. The average molecular weight is 656 g/mol. The standard InChI is InChI=1S/C36H39F2N7O3/c1-20-26-12-11-22-17-29(45(33(22)41-26)15-6-4-5-8-21-9-7-10-25(38)31(21)36(47)40-20)34-42-27-16-23(18-30(48-3)32(27)44(34)2)35(46)43-28-19-39-14-13-24(28)37/h7,9-12,16-18,20,24,28,39H,4-6,8,13-15,19H2,1-3H3,(H,40,47)(H,43,46)/t20-,24+,28+/m1/s1. The second-order valence-corrected chi connectivity index (χ2v) is 12.7. The summed E-state index contributed by atoms with van der Waals surface area (Å²) < 4.78 is 39.2. The predicted molar refractivity (Wildman–Crippen MR) is 179 cm³/mol. The summed E-state index contributed by atoms with van der Waals surface area (Å²) in [6.07, 6.45) is 2.31. The van der Waals surface area contributed by atoms with E-state index in [0.717, 1.165) is 41.5 Å². The van der Waals surface area contributed by atoms with Gasteiger partial charge in [-0.25, -0.2) is 18.7 Å². The zero-order chi connectivity index (χ0) is 33.5. The second kappa shape index (κ2) is 13.0. The molecule has 2 aromatic carbocycles. The van der Waals surface area contributed by atoms with Crippen molar-refractivity contribution in [1.82, 2.24) is 35.1 Å². The number of ether oxygens (including phenoxy) is 1. The molecule has 2 aliphatic heterocycles. The molecule has 2 aliphatic rings. The van der Waals surface area contributed by atoms with Gasteiger partial charge in [-0.2, -0.15) is 0 Å². The number of carbonyl (C=O) groups is 2. The zero-order valence-electron chi connectivity index (χ0n) is 27.3. The second-order valence-electron chi connectivity index (χ2n) is 12.7. The summed E-state index contributed by atoms with van der Waals surface area (Å²) in [4.78, 5) is 36.6. The smallest absolute Gasteiger partial charge is 0.255 e. The van der Waals surface area contributed by atoms with Crippen LogP contribution in [0.4, 0.5) is 8.78 Å². The number of fused-ring (bicyclic) bond motifs is 3. The maximum absolute atomic E-state index is 14.8. The largest absolute Gasteiger partial charge is 0.494 e. The van der Waals surface area contributed by atoms with E-state index in [1.165, 1.54) is 6.07 Å². The van der Waals surface area contributed by atoms with Crippen LogP contribution in [-0.4, -0.2) is 63.3 Å².